The molecule has 208 valence electrons. The smallest absolute Gasteiger partial charge is 0.264 e. The molecule has 0 aliphatic rings. The summed E-state index contributed by atoms with van der Waals surface area (Å²) in [5.74, 6) is -0.532. The van der Waals surface area contributed by atoms with Crippen molar-refractivity contribution in [1.82, 2.24) is 10.2 Å². The molecule has 7 nitrogen and oxygen atoms in total. The van der Waals surface area contributed by atoms with E-state index in [1.54, 1.807) is 31.2 Å². The van der Waals surface area contributed by atoms with Crippen LogP contribution in [0.3, 0.4) is 0 Å². The molecular formula is C30H36BrN3O4S. The first-order chi connectivity index (χ1) is 18.4. The van der Waals surface area contributed by atoms with Crippen molar-refractivity contribution in [2.75, 3.05) is 17.4 Å². The summed E-state index contributed by atoms with van der Waals surface area (Å²) >= 11 is 3.42. The summed E-state index contributed by atoms with van der Waals surface area (Å²) in [6.45, 7) is 9.56. The summed E-state index contributed by atoms with van der Waals surface area (Å²) in [5.41, 5.74) is 2.94. The Morgan fingerprint density at radius 3 is 2.15 bits per heavy atom. The Balaban J connectivity index is 2.03. The highest BCUT2D eigenvalue weighted by Gasteiger charge is 2.33. The molecule has 0 unspecified atom stereocenters. The van der Waals surface area contributed by atoms with Crippen LogP contribution in [0.5, 0.6) is 0 Å². The van der Waals surface area contributed by atoms with Gasteiger partial charge in [-0.15, -0.1) is 0 Å². The third-order valence-corrected chi connectivity index (χ3v) is 8.65. The molecule has 3 aromatic carbocycles. The molecule has 0 aliphatic carbocycles. The Labute approximate surface area is 240 Å². The minimum Gasteiger partial charge on any atom is -0.354 e. The number of halogens is 1. The van der Waals surface area contributed by atoms with Crippen LogP contribution in [0.2, 0.25) is 0 Å². The van der Waals surface area contributed by atoms with Gasteiger partial charge in [-0.3, -0.25) is 13.9 Å². The second-order valence-corrected chi connectivity index (χ2v) is 12.9. The number of rotatable bonds is 11. The summed E-state index contributed by atoms with van der Waals surface area (Å²) in [6.07, 6.45) is 0. The summed E-state index contributed by atoms with van der Waals surface area (Å²) in [7, 11) is -4.08. The van der Waals surface area contributed by atoms with Crippen LogP contribution < -0.4 is 9.62 Å². The van der Waals surface area contributed by atoms with E-state index in [1.165, 1.54) is 17.0 Å². The topological polar surface area (TPSA) is 86.8 Å². The Morgan fingerprint density at radius 2 is 1.56 bits per heavy atom. The molecule has 1 atom stereocenters. The van der Waals surface area contributed by atoms with Gasteiger partial charge < -0.3 is 10.2 Å². The van der Waals surface area contributed by atoms with Gasteiger partial charge in [-0.05, 0) is 68.1 Å². The minimum atomic E-state index is -4.08. The fourth-order valence-electron chi connectivity index (χ4n) is 4.14. The van der Waals surface area contributed by atoms with Crippen LogP contribution in [0.15, 0.2) is 82.2 Å². The third kappa shape index (κ3) is 7.92. The lowest BCUT2D eigenvalue weighted by atomic mass is 10.1. The molecule has 3 aromatic rings. The maximum atomic E-state index is 14.0. The van der Waals surface area contributed by atoms with Crippen molar-refractivity contribution in [3.05, 3.63) is 94.0 Å². The zero-order chi connectivity index (χ0) is 28.7. The molecule has 0 saturated heterocycles. The second-order valence-electron chi connectivity index (χ2n) is 10.1. The number of sulfonamides is 1. The van der Waals surface area contributed by atoms with E-state index in [-0.39, 0.29) is 23.3 Å². The SMILES string of the molecule is Cc1ccc(N(CC(=O)N(Cc2ccc(Br)cc2)[C@H](C)C(=O)NCC(C)C)S(=O)(=O)c2ccccc2)c(C)c1. The minimum absolute atomic E-state index is 0.0833. The van der Waals surface area contributed by atoms with Gasteiger partial charge >= 0.3 is 0 Å². The lowest BCUT2D eigenvalue weighted by molar-refractivity contribution is -0.139. The highest BCUT2D eigenvalue weighted by atomic mass is 79.9. The number of hydrogen-bond donors (Lipinski definition) is 1. The van der Waals surface area contributed by atoms with E-state index in [2.05, 4.69) is 21.2 Å². The van der Waals surface area contributed by atoms with Crippen LogP contribution in [-0.4, -0.2) is 44.3 Å². The molecule has 0 spiro atoms. The number of carbonyl (C=O) groups excluding carboxylic acids is 2. The van der Waals surface area contributed by atoms with Gasteiger partial charge in [-0.25, -0.2) is 8.42 Å². The van der Waals surface area contributed by atoms with Gasteiger partial charge in [0.25, 0.3) is 10.0 Å². The number of anilines is 1. The molecule has 0 aliphatic heterocycles. The Kier molecular flexibility index (Phi) is 10.3. The summed E-state index contributed by atoms with van der Waals surface area (Å²) in [6, 6.07) is 20.1. The maximum Gasteiger partial charge on any atom is 0.264 e. The highest BCUT2D eigenvalue weighted by molar-refractivity contribution is 9.10. The molecule has 9 heteroatoms. The lowest BCUT2D eigenvalue weighted by Gasteiger charge is -2.32. The van der Waals surface area contributed by atoms with Crippen LogP contribution in [-0.2, 0) is 26.2 Å². The van der Waals surface area contributed by atoms with Crippen molar-refractivity contribution in [3.63, 3.8) is 0 Å². The largest absolute Gasteiger partial charge is 0.354 e. The van der Waals surface area contributed by atoms with E-state index in [9.17, 15) is 18.0 Å². The summed E-state index contributed by atoms with van der Waals surface area (Å²) in [5, 5.41) is 2.90. The zero-order valence-corrected chi connectivity index (χ0v) is 25.4. The Hall–Kier alpha value is -3.17. The van der Waals surface area contributed by atoms with Gasteiger partial charge in [0.15, 0.2) is 0 Å². The highest BCUT2D eigenvalue weighted by Crippen LogP contribution is 2.28. The number of nitrogens with one attached hydrogen (secondary N) is 1. The van der Waals surface area contributed by atoms with Crippen molar-refractivity contribution in [2.45, 2.75) is 52.1 Å². The zero-order valence-electron chi connectivity index (χ0n) is 23.0. The average Bonchev–Trinajstić information content (AvgIpc) is 2.90. The first-order valence-electron chi connectivity index (χ1n) is 12.9. The number of nitrogens with zero attached hydrogens (tertiary/aromatic N) is 2. The Bertz CT molecular complexity index is 1390. The molecule has 0 fully saturated rings. The van der Waals surface area contributed by atoms with Crippen LogP contribution in [0, 0.1) is 19.8 Å². The molecule has 0 bridgehead atoms. The third-order valence-electron chi connectivity index (χ3n) is 6.35. The molecule has 0 radical (unpaired) electrons. The lowest BCUT2D eigenvalue weighted by Crippen LogP contribution is -2.51. The van der Waals surface area contributed by atoms with Gasteiger partial charge in [-0.2, -0.15) is 0 Å². The quantitative estimate of drug-likeness (QED) is 0.311. The fraction of sp³-hybridized carbons (Fsp3) is 0.333. The molecule has 39 heavy (non-hydrogen) atoms. The molecule has 0 heterocycles. The molecule has 0 aromatic heterocycles. The van der Waals surface area contributed by atoms with E-state index in [0.717, 1.165) is 25.5 Å². The van der Waals surface area contributed by atoms with Crippen LogP contribution in [0.25, 0.3) is 0 Å². The fourth-order valence-corrected chi connectivity index (χ4v) is 5.90. The van der Waals surface area contributed by atoms with Crippen LogP contribution >= 0.6 is 15.9 Å². The molecule has 2 amide bonds. The van der Waals surface area contributed by atoms with Crippen molar-refractivity contribution >= 4 is 43.5 Å². The van der Waals surface area contributed by atoms with Crippen molar-refractivity contribution in [3.8, 4) is 0 Å². The normalized spacial score (nSPS) is 12.2. The first-order valence-corrected chi connectivity index (χ1v) is 15.1. The van der Waals surface area contributed by atoms with Gasteiger partial charge in [0.2, 0.25) is 11.8 Å². The number of carbonyl (C=O) groups is 2. The van der Waals surface area contributed by atoms with Gasteiger partial charge in [0.1, 0.15) is 12.6 Å². The molecule has 1 N–H and O–H groups in total. The van der Waals surface area contributed by atoms with Gasteiger partial charge in [0, 0.05) is 17.6 Å². The van der Waals surface area contributed by atoms with E-state index in [1.807, 2.05) is 64.1 Å². The second kappa shape index (κ2) is 13.3. The molecule has 3 rings (SSSR count). The van der Waals surface area contributed by atoms with Crippen molar-refractivity contribution < 1.29 is 18.0 Å². The number of hydrogen-bond acceptors (Lipinski definition) is 4. The summed E-state index contributed by atoms with van der Waals surface area (Å²) < 4.78 is 29.8. The number of aryl methyl sites for hydroxylation is 2. The van der Waals surface area contributed by atoms with Crippen LogP contribution in [0.4, 0.5) is 5.69 Å². The number of benzene rings is 3. The standard InChI is InChI=1S/C30H36BrN3O4S/c1-21(2)18-32-30(36)24(5)33(19-25-12-14-26(31)15-13-25)29(35)20-34(28-16-11-22(3)17-23(28)4)39(37,38)27-9-7-6-8-10-27/h6-17,21,24H,18-20H2,1-5H3,(H,32,36)/t24-/m1/s1. The first kappa shape index (κ1) is 30.4. The Morgan fingerprint density at radius 1 is 0.923 bits per heavy atom. The van der Waals surface area contributed by atoms with Crippen LogP contribution in [0.1, 0.15) is 37.5 Å². The predicted molar refractivity (Wildman–Crippen MR) is 159 cm³/mol. The van der Waals surface area contributed by atoms with E-state index < -0.39 is 28.5 Å². The van der Waals surface area contributed by atoms with Gasteiger partial charge in [0.05, 0.1) is 10.6 Å². The van der Waals surface area contributed by atoms with E-state index >= 15 is 0 Å². The summed E-state index contributed by atoms with van der Waals surface area (Å²) in [4.78, 5) is 28.6. The van der Waals surface area contributed by atoms with Crippen molar-refractivity contribution in [1.29, 1.82) is 0 Å². The predicted octanol–water partition coefficient (Wildman–Crippen LogP) is 5.45. The van der Waals surface area contributed by atoms with E-state index in [0.29, 0.717) is 12.2 Å². The molecular weight excluding hydrogens is 578 g/mol. The monoisotopic (exact) mass is 613 g/mol. The van der Waals surface area contributed by atoms with E-state index in [4.69, 9.17) is 0 Å². The number of amides is 2. The van der Waals surface area contributed by atoms with Crippen molar-refractivity contribution in [2.24, 2.45) is 5.92 Å². The van der Waals surface area contributed by atoms with Gasteiger partial charge in [-0.1, -0.05) is 77.8 Å². The maximum absolute atomic E-state index is 14.0. The average molecular weight is 615 g/mol. The molecule has 0 saturated carbocycles.